The van der Waals surface area contributed by atoms with Gasteiger partial charge < -0.3 is 0 Å². The van der Waals surface area contributed by atoms with Crippen LogP contribution in [0.1, 0.15) is 11.1 Å². The number of rotatable bonds is 2. The zero-order valence-electron chi connectivity index (χ0n) is 8.33. The van der Waals surface area contributed by atoms with Crippen molar-refractivity contribution < 1.29 is 26.9 Å². The van der Waals surface area contributed by atoms with Crippen molar-refractivity contribution in [3.8, 4) is 6.07 Å². The molecule has 1 aromatic carbocycles. The summed E-state index contributed by atoms with van der Waals surface area (Å²) in [6.07, 6.45) is -5.94. The van der Waals surface area contributed by atoms with Gasteiger partial charge in [-0.2, -0.15) is 27.2 Å². The molecule has 0 aromatic heterocycles. The lowest BCUT2D eigenvalue weighted by Gasteiger charge is -2.20. The maximum atomic E-state index is 13.1. The van der Waals surface area contributed by atoms with Crippen LogP contribution >= 0.6 is 0 Å². The second-order valence-corrected chi connectivity index (χ2v) is 3.17. The van der Waals surface area contributed by atoms with E-state index in [1.54, 1.807) is 0 Å². The Balaban J connectivity index is 3.52. The molecule has 0 unspecified atom stereocenters. The number of nitro groups is 1. The van der Waals surface area contributed by atoms with Crippen molar-refractivity contribution in [2.75, 3.05) is 0 Å². The van der Waals surface area contributed by atoms with Gasteiger partial charge in [0.1, 0.15) is 0 Å². The molecular weight excluding hydrogens is 263 g/mol. The van der Waals surface area contributed by atoms with Crippen LogP contribution in [0, 0.1) is 21.4 Å². The molecule has 0 atom stereocenters. The molecule has 0 aliphatic carbocycles. The Morgan fingerprint density at radius 1 is 1.22 bits per heavy atom. The van der Waals surface area contributed by atoms with Gasteiger partial charge in [0.2, 0.25) is 0 Å². The van der Waals surface area contributed by atoms with Crippen LogP contribution in [-0.4, -0.2) is 11.1 Å². The predicted molar refractivity (Wildman–Crippen MR) is 47.8 cm³/mol. The van der Waals surface area contributed by atoms with E-state index in [2.05, 4.69) is 0 Å². The molecule has 0 aliphatic heterocycles. The smallest absolute Gasteiger partial charge is 0.258 e. The number of hydrogen-bond acceptors (Lipinski definition) is 3. The monoisotopic (exact) mass is 266 g/mol. The minimum absolute atomic E-state index is 0.0477. The van der Waals surface area contributed by atoms with Crippen molar-refractivity contribution in [2.45, 2.75) is 12.1 Å². The molecule has 1 rings (SSSR count). The summed E-state index contributed by atoms with van der Waals surface area (Å²) in [6, 6.07) is 2.41. The first-order valence-electron chi connectivity index (χ1n) is 4.25. The van der Waals surface area contributed by atoms with Crippen molar-refractivity contribution in [1.82, 2.24) is 0 Å². The lowest BCUT2D eigenvalue weighted by molar-refractivity contribution is -0.385. The maximum absolute atomic E-state index is 13.1. The molecule has 0 heterocycles. The molecule has 18 heavy (non-hydrogen) atoms. The van der Waals surface area contributed by atoms with E-state index in [4.69, 9.17) is 5.26 Å². The van der Waals surface area contributed by atoms with E-state index in [9.17, 15) is 32.1 Å². The molecule has 0 saturated heterocycles. The summed E-state index contributed by atoms with van der Waals surface area (Å²) in [5.41, 5.74) is -3.65. The SMILES string of the molecule is N#Cc1ccc([N+](=O)[O-])cc1C(F)(F)C(F)(F)F. The van der Waals surface area contributed by atoms with Gasteiger partial charge in [0.05, 0.1) is 22.1 Å². The van der Waals surface area contributed by atoms with E-state index in [-0.39, 0.29) is 6.07 Å². The van der Waals surface area contributed by atoms with E-state index in [1.807, 2.05) is 0 Å². The minimum Gasteiger partial charge on any atom is -0.258 e. The first kappa shape index (κ1) is 13.8. The highest BCUT2D eigenvalue weighted by molar-refractivity contribution is 5.48. The summed E-state index contributed by atoms with van der Waals surface area (Å²) in [5, 5.41) is 18.8. The van der Waals surface area contributed by atoms with E-state index < -0.39 is 33.8 Å². The van der Waals surface area contributed by atoms with Crippen molar-refractivity contribution >= 4 is 5.69 Å². The van der Waals surface area contributed by atoms with Crippen LogP contribution in [0.3, 0.4) is 0 Å². The first-order chi connectivity index (χ1) is 8.11. The quantitative estimate of drug-likeness (QED) is 0.469. The van der Waals surface area contributed by atoms with Crippen LogP contribution in [0.4, 0.5) is 27.6 Å². The van der Waals surface area contributed by atoms with Gasteiger partial charge in [-0.15, -0.1) is 0 Å². The number of benzene rings is 1. The van der Waals surface area contributed by atoms with E-state index >= 15 is 0 Å². The third-order valence-electron chi connectivity index (χ3n) is 2.03. The maximum Gasteiger partial charge on any atom is 0.458 e. The second-order valence-electron chi connectivity index (χ2n) is 3.17. The second kappa shape index (κ2) is 4.21. The van der Waals surface area contributed by atoms with Crippen molar-refractivity contribution in [3.05, 3.63) is 39.4 Å². The Labute approximate surface area is 96.4 Å². The Bertz CT molecular complexity index is 533. The number of nitriles is 1. The van der Waals surface area contributed by atoms with Crippen molar-refractivity contribution in [3.63, 3.8) is 0 Å². The summed E-state index contributed by atoms with van der Waals surface area (Å²) in [4.78, 5) is 9.20. The molecule has 0 radical (unpaired) electrons. The molecule has 0 bridgehead atoms. The van der Waals surface area contributed by atoms with Crippen molar-refractivity contribution in [2.24, 2.45) is 0 Å². The number of alkyl halides is 5. The van der Waals surface area contributed by atoms with Crippen LogP contribution in [0.25, 0.3) is 0 Å². The fraction of sp³-hybridized carbons (Fsp3) is 0.222. The number of non-ortho nitro benzene ring substituents is 1. The summed E-state index contributed by atoms with van der Waals surface area (Å²) in [7, 11) is 0. The fourth-order valence-corrected chi connectivity index (χ4v) is 1.16. The highest BCUT2D eigenvalue weighted by Crippen LogP contribution is 2.45. The molecule has 96 valence electrons. The Morgan fingerprint density at radius 2 is 1.78 bits per heavy atom. The summed E-state index contributed by atoms with van der Waals surface area (Å²) < 4.78 is 62.5. The highest BCUT2D eigenvalue weighted by Gasteiger charge is 2.60. The Kier molecular flexibility index (Phi) is 3.23. The Morgan fingerprint density at radius 3 is 2.17 bits per heavy atom. The zero-order chi connectivity index (χ0) is 14.1. The van der Waals surface area contributed by atoms with Gasteiger partial charge in [0.25, 0.3) is 5.69 Å². The number of nitro benzene ring substituents is 1. The topological polar surface area (TPSA) is 66.9 Å². The summed E-state index contributed by atoms with van der Waals surface area (Å²) in [6.45, 7) is 0. The summed E-state index contributed by atoms with van der Waals surface area (Å²) in [5.74, 6) is -5.33. The molecular formula is C9H3F5N2O2. The highest BCUT2D eigenvalue weighted by atomic mass is 19.4. The van der Waals surface area contributed by atoms with Gasteiger partial charge in [-0.3, -0.25) is 10.1 Å². The van der Waals surface area contributed by atoms with E-state index in [1.165, 1.54) is 0 Å². The summed E-state index contributed by atoms with van der Waals surface area (Å²) >= 11 is 0. The third kappa shape index (κ3) is 2.22. The van der Waals surface area contributed by atoms with Crippen LogP contribution in [0.5, 0.6) is 0 Å². The molecule has 9 heteroatoms. The van der Waals surface area contributed by atoms with Gasteiger partial charge in [-0.25, -0.2) is 0 Å². The number of hydrogen-bond donors (Lipinski definition) is 0. The van der Waals surface area contributed by atoms with E-state index in [0.717, 1.165) is 6.07 Å². The van der Waals surface area contributed by atoms with Crippen molar-refractivity contribution in [1.29, 1.82) is 5.26 Å². The average molecular weight is 266 g/mol. The molecule has 0 saturated carbocycles. The molecule has 0 amide bonds. The first-order valence-corrected chi connectivity index (χ1v) is 4.25. The molecule has 0 N–H and O–H groups in total. The largest absolute Gasteiger partial charge is 0.458 e. The molecule has 0 fully saturated rings. The average Bonchev–Trinajstić information content (AvgIpc) is 2.26. The van der Waals surface area contributed by atoms with Gasteiger partial charge in [-0.1, -0.05) is 0 Å². The van der Waals surface area contributed by atoms with Gasteiger partial charge in [0, 0.05) is 12.1 Å². The van der Waals surface area contributed by atoms with Gasteiger partial charge >= 0.3 is 12.1 Å². The van der Waals surface area contributed by atoms with E-state index in [0.29, 0.717) is 12.1 Å². The zero-order valence-corrected chi connectivity index (χ0v) is 8.33. The van der Waals surface area contributed by atoms with Crippen LogP contribution in [0.15, 0.2) is 18.2 Å². The normalized spacial score (nSPS) is 12.0. The Hall–Kier alpha value is -2.24. The number of halogens is 5. The molecule has 0 aliphatic rings. The predicted octanol–water partition coefficient (Wildman–Crippen LogP) is 3.12. The lowest BCUT2D eigenvalue weighted by Crippen LogP contribution is -2.34. The standard InChI is InChI=1S/C9H3F5N2O2/c10-8(11,9(12,13)14)7-3-6(16(17)18)2-1-5(7)4-15/h1-3H. The van der Waals surface area contributed by atoms with Crippen LogP contribution in [-0.2, 0) is 5.92 Å². The van der Waals surface area contributed by atoms with Crippen LogP contribution < -0.4 is 0 Å². The third-order valence-corrected chi connectivity index (χ3v) is 2.03. The number of nitrogens with zero attached hydrogens (tertiary/aromatic N) is 2. The lowest BCUT2D eigenvalue weighted by atomic mass is 10.0. The molecule has 4 nitrogen and oxygen atoms in total. The van der Waals surface area contributed by atoms with Gasteiger partial charge in [-0.05, 0) is 6.07 Å². The minimum atomic E-state index is -5.94. The molecule has 0 spiro atoms. The van der Waals surface area contributed by atoms with Crippen LogP contribution in [0.2, 0.25) is 0 Å². The fourth-order valence-electron chi connectivity index (χ4n) is 1.16. The van der Waals surface area contributed by atoms with Gasteiger partial charge in [0.15, 0.2) is 0 Å². The molecule has 1 aromatic rings.